The van der Waals surface area contributed by atoms with Crippen molar-refractivity contribution in [2.24, 2.45) is 10.7 Å². The van der Waals surface area contributed by atoms with E-state index in [1.165, 1.54) is 30.6 Å². The highest BCUT2D eigenvalue weighted by Crippen LogP contribution is 2.45. The van der Waals surface area contributed by atoms with Gasteiger partial charge in [-0.2, -0.15) is 13.8 Å². The van der Waals surface area contributed by atoms with Gasteiger partial charge < -0.3 is 20.5 Å². The summed E-state index contributed by atoms with van der Waals surface area (Å²) in [6, 6.07) is 3.39. The summed E-state index contributed by atoms with van der Waals surface area (Å²) in [6.07, 6.45) is 2.35. The van der Waals surface area contributed by atoms with E-state index >= 15 is 0 Å². The van der Waals surface area contributed by atoms with Crippen molar-refractivity contribution in [2.75, 3.05) is 5.32 Å². The van der Waals surface area contributed by atoms with Gasteiger partial charge in [0.25, 0.3) is 11.9 Å². The predicted molar refractivity (Wildman–Crippen MR) is 102 cm³/mol. The zero-order chi connectivity index (χ0) is 21.8. The van der Waals surface area contributed by atoms with Crippen LogP contribution in [0.1, 0.15) is 42.2 Å². The number of anilines is 1. The molecule has 0 saturated heterocycles. The topological polar surface area (TPSA) is 112 Å². The van der Waals surface area contributed by atoms with Gasteiger partial charge in [-0.25, -0.2) is 14.4 Å². The lowest BCUT2D eigenvalue weighted by molar-refractivity contribution is 0.102. The van der Waals surface area contributed by atoms with Crippen molar-refractivity contribution in [1.29, 1.82) is 0 Å². The zero-order valence-electron chi connectivity index (χ0n) is 16.2. The Hall–Kier alpha value is -3.37. The number of nitrogens with one attached hydrogen (secondary N) is 1. The van der Waals surface area contributed by atoms with Crippen molar-refractivity contribution < 1.29 is 27.4 Å². The molecule has 1 aromatic carbocycles. The van der Waals surface area contributed by atoms with Crippen molar-refractivity contribution >= 4 is 17.6 Å². The quantitative estimate of drug-likeness (QED) is 0.402. The van der Waals surface area contributed by atoms with Crippen LogP contribution in [-0.4, -0.2) is 40.7 Å². The van der Waals surface area contributed by atoms with E-state index < -0.39 is 30.4 Å². The molecule has 1 fully saturated rings. The number of halogens is 3. The van der Waals surface area contributed by atoms with Gasteiger partial charge in [0.1, 0.15) is 17.6 Å². The fraction of sp³-hybridized carbons (Fsp3) is 0.368. The van der Waals surface area contributed by atoms with E-state index in [-0.39, 0.29) is 23.3 Å². The van der Waals surface area contributed by atoms with Crippen LogP contribution in [0.5, 0.6) is 5.88 Å². The maximum atomic E-state index is 14.2. The van der Waals surface area contributed by atoms with Gasteiger partial charge in [-0.1, -0.05) is 0 Å². The van der Waals surface area contributed by atoms with Crippen LogP contribution in [0.2, 0.25) is 0 Å². The van der Waals surface area contributed by atoms with Crippen LogP contribution in [0.3, 0.4) is 0 Å². The average molecular weight is 423 g/mol. The molecule has 3 N–H and O–H groups in total. The van der Waals surface area contributed by atoms with Gasteiger partial charge in [0.15, 0.2) is 0 Å². The summed E-state index contributed by atoms with van der Waals surface area (Å²) in [7, 11) is 0. The number of rotatable bonds is 7. The molecule has 0 aliphatic heterocycles. The lowest BCUT2D eigenvalue weighted by Gasteiger charge is -2.10. The average Bonchev–Trinajstić information content (AvgIpc) is 3.41. The Bertz CT molecular complexity index is 938. The number of carbonyl (C=O) groups excluding carboxylic acids is 1. The molecule has 8 nitrogen and oxygen atoms in total. The van der Waals surface area contributed by atoms with E-state index in [9.17, 15) is 18.0 Å². The number of benzene rings is 1. The Kier molecular flexibility index (Phi) is 6.38. The summed E-state index contributed by atoms with van der Waals surface area (Å²) in [4.78, 5) is 23.2. The van der Waals surface area contributed by atoms with E-state index in [2.05, 4.69) is 20.3 Å². The Morgan fingerprint density at radius 1 is 1.30 bits per heavy atom. The fourth-order valence-electron chi connectivity index (χ4n) is 2.75. The van der Waals surface area contributed by atoms with Gasteiger partial charge >= 0.3 is 6.55 Å². The van der Waals surface area contributed by atoms with E-state index in [1.54, 1.807) is 0 Å². The van der Waals surface area contributed by atoms with Crippen LogP contribution in [0.25, 0.3) is 0 Å². The van der Waals surface area contributed by atoms with Crippen LogP contribution in [0.4, 0.5) is 18.9 Å². The Balaban J connectivity index is 1.65. The minimum atomic E-state index is -2.98. The van der Waals surface area contributed by atoms with E-state index in [0.717, 1.165) is 0 Å². The van der Waals surface area contributed by atoms with Crippen molar-refractivity contribution in [1.82, 2.24) is 9.97 Å². The van der Waals surface area contributed by atoms with Crippen LogP contribution in [-0.2, 0) is 4.74 Å². The molecule has 1 saturated carbocycles. The summed E-state index contributed by atoms with van der Waals surface area (Å²) >= 11 is 0. The molecule has 1 amide bonds. The van der Waals surface area contributed by atoms with Gasteiger partial charge in [0.05, 0.1) is 18.5 Å². The number of alkyl halides is 2. The van der Waals surface area contributed by atoms with Gasteiger partial charge in [-0.05, 0) is 44.0 Å². The van der Waals surface area contributed by atoms with Crippen molar-refractivity contribution in [3.63, 3.8) is 0 Å². The second kappa shape index (κ2) is 8.97. The van der Waals surface area contributed by atoms with Crippen molar-refractivity contribution in [2.45, 2.75) is 44.9 Å². The van der Waals surface area contributed by atoms with Crippen LogP contribution in [0.15, 0.2) is 35.6 Å². The largest absolute Gasteiger partial charge is 0.474 e. The molecule has 160 valence electrons. The third-order valence-electron chi connectivity index (χ3n) is 4.10. The molecule has 1 aliphatic rings. The maximum absolute atomic E-state index is 14.2. The fourth-order valence-corrected chi connectivity index (χ4v) is 2.75. The van der Waals surface area contributed by atoms with Gasteiger partial charge in [-0.15, -0.1) is 0 Å². The van der Waals surface area contributed by atoms with E-state index in [0.29, 0.717) is 18.0 Å². The second-order valence-electron chi connectivity index (χ2n) is 6.84. The van der Waals surface area contributed by atoms with Gasteiger partial charge in [-0.3, -0.25) is 4.79 Å². The number of amidine groups is 1. The number of ether oxygens (including phenoxy) is 2. The highest BCUT2D eigenvalue weighted by Gasteiger charge is 2.43. The molecule has 2 atom stereocenters. The minimum absolute atomic E-state index is 0.0561. The van der Waals surface area contributed by atoms with Gasteiger partial charge in [0, 0.05) is 11.6 Å². The zero-order valence-corrected chi connectivity index (χ0v) is 16.2. The lowest BCUT2D eigenvalue weighted by Crippen LogP contribution is -2.19. The molecule has 0 unspecified atom stereocenters. The number of aliphatic imine (C=N–C) groups is 1. The first-order valence-corrected chi connectivity index (χ1v) is 9.10. The monoisotopic (exact) mass is 423 g/mol. The summed E-state index contributed by atoms with van der Waals surface area (Å²) in [6.45, 7) is 0.694. The number of nitrogens with zero attached hydrogens (tertiary/aromatic N) is 3. The number of aromatic nitrogens is 2. The number of hydrogen-bond acceptors (Lipinski definition) is 6. The first kappa shape index (κ1) is 21.3. The normalized spacial score (nSPS) is 18.4. The molecule has 30 heavy (non-hydrogen) atoms. The molecule has 0 spiro atoms. The van der Waals surface area contributed by atoms with E-state index in [1.807, 2.05) is 13.8 Å². The number of nitrogens with two attached hydrogens (primary N) is 1. The first-order valence-electron chi connectivity index (χ1n) is 9.10. The Morgan fingerprint density at radius 2 is 2.07 bits per heavy atom. The summed E-state index contributed by atoms with van der Waals surface area (Å²) < 4.78 is 49.0. The minimum Gasteiger partial charge on any atom is -0.474 e. The second-order valence-corrected chi connectivity index (χ2v) is 6.84. The molecule has 1 aromatic heterocycles. The Labute approximate surface area is 170 Å². The molecule has 1 aliphatic carbocycles. The summed E-state index contributed by atoms with van der Waals surface area (Å²) in [5, 5.41) is 2.61. The lowest BCUT2D eigenvalue weighted by atomic mass is 10.1. The van der Waals surface area contributed by atoms with Gasteiger partial charge in [0.2, 0.25) is 5.88 Å². The summed E-state index contributed by atoms with van der Waals surface area (Å²) in [5.41, 5.74) is 5.93. The van der Waals surface area contributed by atoms with Crippen LogP contribution in [0, 0.1) is 5.82 Å². The third kappa shape index (κ3) is 5.58. The predicted octanol–water partition coefficient (Wildman–Crippen LogP) is 3.07. The Morgan fingerprint density at radius 3 is 2.70 bits per heavy atom. The van der Waals surface area contributed by atoms with Crippen LogP contribution >= 0.6 is 0 Å². The molecule has 2 aromatic rings. The summed E-state index contributed by atoms with van der Waals surface area (Å²) in [5.74, 6) is -1.14. The number of hydrogen-bond donors (Lipinski definition) is 2. The first-order chi connectivity index (χ1) is 14.2. The molecular formula is C19H20F3N5O3. The molecule has 0 radical (unpaired) electrons. The molecular weight excluding hydrogens is 403 g/mol. The van der Waals surface area contributed by atoms with Crippen molar-refractivity contribution in [3.8, 4) is 5.88 Å². The van der Waals surface area contributed by atoms with Crippen LogP contribution < -0.4 is 15.8 Å². The molecule has 1 heterocycles. The maximum Gasteiger partial charge on any atom is 0.336 e. The highest BCUT2D eigenvalue weighted by molar-refractivity contribution is 6.02. The van der Waals surface area contributed by atoms with E-state index in [4.69, 9.17) is 15.2 Å². The van der Waals surface area contributed by atoms with Crippen molar-refractivity contribution in [3.05, 3.63) is 47.7 Å². The number of carbonyl (C=O) groups is 1. The molecule has 11 heteroatoms. The SMILES string of the molecule is CC(C)Oc1cnc(C(=O)Nc2ccc(F)c([C@H]3C[C@H]3O/C(N)=N\C(F)F)c2)cn1. The standard InChI is InChI=1S/C19H20F3N5O3/c1-9(2)29-16-8-24-14(7-25-16)17(28)26-10-3-4-13(20)11(5-10)12-6-15(12)30-19(23)27-18(21)22/h3-5,7-9,12,15,18H,6H2,1-2H3,(H2,23,27)(H,26,28)/t12-,15-/m1/s1. The smallest absolute Gasteiger partial charge is 0.336 e. The number of amides is 1. The molecule has 0 bridgehead atoms. The molecule has 3 rings (SSSR count). The highest BCUT2D eigenvalue weighted by atomic mass is 19.3. The third-order valence-corrected chi connectivity index (χ3v) is 4.10.